The maximum absolute atomic E-state index is 12.2. The van der Waals surface area contributed by atoms with Crippen molar-refractivity contribution in [3.05, 3.63) is 42.0 Å². The summed E-state index contributed by atoms with van der Waals surface area (Å²) >= 11 is 0. The zero-order valence-corrected chi connectivity index (χ0v) is 15.2. The summed E-state index contributed by atoms with van der Waals surface area (Å²) in [5, 5.41) is 2.17. The van der Waals surface area contributed by atoms with Crippen molar-refractivity contribution >= 4 is 16.7 Å². The molecule has 130 valence electrons. The molecule has 0 saturated carbocycles. The standard InChI is InChI=1S/C21H28O3/c1-5-7-14-21(4,6-2)24-20(22)15-23-19-13-9-11-17-16(3)10-8-12-18(17)19/h8-13H,5-7,14-15H2,1-4H3. The third-order valence-electron chi connectivity index (χ3n) is 4.61. The van der Waals surface area contributed by atoms with E-state index < -0.39 is 5.60 Å². The van der Waals surface area contributed by atoms with Crippen molar-refractivity contribution in [1.29, 1.82) is 0 Å². The van der Waals surface area contributed by atoms with Crippen molar-refractivity contribution in [1.82, 2.24) is 0 Å². The fourth-order valence-electron chi connectivity index (χ4n) is 2.86. The van der Waals surface area contributed by atoms with Gasteiger partial charge in [-0.3, -0.25) is 0 Å². The number of hydrogen-bond donors (Lipinski definition) is 0. The Hall–Kier alpha value is -2.03. The van der Waals surface area contributed by atoms with E-state index in [4.69, 9.17) is 9.47 Å². The van der Waals surface area contributed by atoms with Crippen molar-refractivity contribution in [2.75, 3.05) is 6.61 Å². The van der Waals surface area contributed by atoms with Gasteiger partial charge in [-0.1, -0.05) is 50.6 Å². The normalized spacial score (nSPS) is 13.5. The van der Waals surface area contributed by atoms with Gasteiger partial charge in [0.05, 0.1) is 0 Å². The molecule has 3 heteroatoms. The maximum Gasteiger partial charge on any atom is 0.344 e. The zero-order valence-electron chi connectivity index (χ0n) is 15.2. The molecule has 3 nitrogen and oxygen atoms in total. The Morgan fingerprint density at radius 1 is 1.08 bits per heavy atom. The van der Waals surface area contributed by atoms with Crippen LogP contribution in [0, 0.1) is 6.92 Å². The average molecular weight is 328 g/mol. The minimum atomic E-state index is -0.397. The SMILES string of the molecule is CCCCC(C)(CC)OC(=O)COc1cccc2c(C)cccc12. The smallest absolute Gasteiger partial charge is 0.344 e. The first-order valence-electron chi connectivity index (χ1n) is 8.82. The number of fused-ring (bicyclic) bond motifs is 1. The number of benzene rings is 2. The quantitative estimate of drug-likeness (QED) is 0.606. The number of unbranched alkanes of at least 4 members (excludes halogenated alkanes) is 1. The lowest BCUT2D eigenvalue weighted by atomic mass is 9.96. The summed E-state index contributed by atoms with van der Waals surface area (Å²) in [6.07, 6.45) is 3.85. The molecular weight excluding hydrogens is 300 g/mol. The third-order valence-corrected chi connectivity index (χ3v) is 4.61. The van der Waals surface area contributed by atoms with E-state index in [1.54, 1.807) is 0 Å². The number of carbonyl (C=O) groups is 1. The van der Waals surface area contributed by atoms with Crippen molar-refractivity contribution in [3.8, 4) is 5.75 Å². The molecule has 2 aromatic carbocycles. The molecule has 2 aromatic rings. The summed E-state index contributed by atoms with van der Waals surface area (Å²) < 4.78 is 11.4. The maximum atomic E-state index is 12.2. The highest BCUT2D eigenvalue weighted by Gasteiger charge is 2.26. The van der Waals surface area contributed by atoms with E-state index in [-0.39, 0.29) is 12.6 Å². The number of ether oxygens (including phenoxy) is 2. The topological polar surface area (TPSA) is 35.5 Å². The van der Waals surface area contributed by atoms with E-state index >= 15 is 0 Å². The summed E-state index contributed by atoms with van der Waals surface area (Å²) in [7, 11) is 0. The summed E-state index contributed by atoms with van der Waals surface area (Å²) in [5.74, 6) is 0.417. The number of carbonyl (C=O) groups excluding carboxylic acids is 1. The molecule has 2 rings (SSSR count). The third kappa shape index (κ3) is 4.50. The van der Waals surface area contributed by atoms with Crippen molar-refractivity contribution in [3.63, 3.8) is 0 Å². The van der Waals surface area contributed by atoms with Gasteiger partial charge < -0.3 is 9.47 Å². The molecule has 0 amide bonds. The second-order valence-corrected chi connectivity index (χ2v) is 6.60. The van der Waals surface area contributed by atoms with Gasteiger partial charge in [0.15, 0.2) is 6.61 Å². The Morgan fingerprint density at radius 2 is 1.79 bits per heavy atom. The van der Waals surface area contributed by atoms with Crippen LogP contribution in [0.2, 0.25) is 0 Å². The van der Waals surface area contributed by atoms with Crippen LogP contribution in [-0.4, -0.2) is 18.2 Å². The molecule has 1 unspecified atom stereocenters. The van der Waals surface area contributed by atoms with Gasteiger partial charge in [-0.25, -0.2) is 4.79 Å². The van der Waals surface area contributed by atoms with Gasteiger partial charge in [0.1, 0.15) is 11.4 Å². The molecule has 0 fully saturated rings. The number of esters is 1. The Kier molecular flexibility index (Phi) is 6.24. The van der Waals surface area contributed by atoms with Gasteiger partial charge in [0.2, 0.25) is 0 Å². The second-order valence-electron chi connectivity index (χ2n) is 6.60. The molecule has 0 heterocycles. The molecule has 0 radical (unpaired) electrons. The minimum absolute atomic E-state index is 0.0607. The zero-order chi connectivity index (χ0) is 17.6. The van der Waals surface area contributed by atoms with E-state index in [0.717, 1.165) is 42.2 Å². The predicted molar refractivity (Wildman–Crippen MR) is 98.5 cm³/mol. The number of aryl methyl sites for hydroxylation is 1. The second kappa shape index (κ2) is 8.18. The fourth-order valence-corrected chi connectivity index (χ4v) is 2.86. The van der Waals surface area contributed by atoms with Crippen LogP contribution >= 0.6 is 0 Å². The van der Waals surface area contributed by atoms with Crippen LogP contribution in [0.15, 0.2) is 36.4 Å². The Bertz CT molecular complexity index is 693. The van der Waals surface area contributed by atoms with Crippen LogP contribution in [0.4, 0.5) is 0 Å². The van der Waals surface area contributed by atoms with E-state index in [2.05, 4.69) is 32.9 Å². The van der Waals surface area contributed by atoms with Gasteiger partial charge >= 0.3 is 5.97 Å². The lowest BCUT2D eigenvalue weighted by Crippen LogP contribution is -2.33. The first-order valence-corrected chi connectivity index (χ1v) is 8.82. The van der Waals surface area contributed by atoms with Crippen LogP contribution in [-0.2, 0) is 9.53 Å². The van der Waals surface area contributed by atoms with Crippen LogP contribution in [0.25, 0.3) is 10.8 Å². The van der Waals surface area contributed by atoms with Crippen LogP contribution < -0.4 is 4.74 Å². The van der Waals surface area contributed by atoms with Gasteiger partial charge in [-0.05, 0) is 50.1 Å². The lowest BCUT2D eigenvalue weighted by molar-refractivity contribution is -0.161. The van der Waals surface area contributed by atoms with Crippen LogP contribution in [0.3, 0.4) is 0 Å². The van der Waals surface area contributed by atoms with E-state index in [1.165, 1.54) is 5.56 Å². The average Bonchev–Trinajstić information content (AvgIpc) is 2.58. The highest BCUT2D eigenvalue weighted by molar-refractivity contribution is 5.91. The lowest BCUT2D eigenvalue weighted by Gasteiger charge is -2.28. The molecular formula is C21H28O3. The molecule has 0 N–H and O–H groups in total. The fraction of sp³-hybridized carbons (Fsp3) is 0.476. The van der Waals surface area contributed by atoms with Gasteiger partial charge in [-0.2, -0.15) is 0 Å². The molecule has 24 heavy (non-hydrogen) atoms. The monoisotopic (exact) mass is 328 g/mol. The van der Waals surface area contributed by atoms with Crippen LogP contribution in [0.1, 0.15) is 52.0 Å². The number of hydrogen-bond acceptors (Lipinski definition) is 3. The van der Waals surface area contributed by atoms with Crippen LogP contribution in [0.5, 0.6) is 5.75 Å². The molecule has 0 aliphatic heterocycles. The van der Waals surface area contributed by atoms with Crippen molar-refractivity contribution in [2.24, 2.45) is 0 Å². The molecule has 0 aromatic heterocycles. The van der Waals surface area contributed by atoms with Gasteiger partial charge in [-0.15, -0.1) is 0 Å². The van der Waals surface area contributed by atoms with Crippen molar-refractivity contribution in [2.45, 2.75) is 59.0 Å². The van der Waals surface area contributed by atoms with Crippen molar-refractivity contribution < 1.29 is 14.3 Å². The molecule has 0 aliphatic carbocycles. The number of rotatable bonds is 8. The summed E-state index contributed by atoms with van der Waals surface area (Å²) in [6.45, 7) is 8.21. The van der Waals surface area contributed by atoms with Gasteiger partial charge in [0.25, 0.3) is 0 Å². The molecule has 0 bridgehead atoms. The molecule has 0 spiro atoms. The Morgan fingerprint density at radius 3 is 2.50 bits per heavy atom. The van der Waals surface area contributed by atoms with E-state index in [0.29, 0.717) is 0 Å². The largest absolute Gasteiger partial charge is 0.481 e. The summed E-state index contributed by atoms with van der Waals surface area (Å²) in [5.41, 5.74) is 0.796. The minimum Gasteiger partial charge on any atom is -0.481 e. The highest BCUT2D eigenvalue weighted by Crippen LogP contribution is 2.28. The molecule has 1 atom stereocenters. The van der Waals surface area contributed by atoms with Gasteiger partial charge in [0, 0.05) is 5.39 Å². The first-order chi connectivity index (χ1) is 11.5. The first kappa shape index (κ1) is 18.3. The Labute approximate surface area is 145 Å². The molecule has 0 saturated heterocycles. The summed E-state index contributed by atoms with van der Waals surface area (Å²) in [6, 6.07) is 12.0. The Balaban J connectivity index is 2.03. The predicted octanol–water partition coefficient (Wildman–Crippen LogP) is 5.43. The van der Waals surface area contributed by atoms with E-state index in [1.807, 2.05) is 31.2 Å². The van der Waals surface area contributed by atoms with E-state index in [9.17, 15) is 4.79 Å². The summed E-state index contributed by atoms with van der Waals surface area (Å²) in [4.78, 5) is 12.2. The molecule has 0 aliphatic rings. The highest BCUT2D eigenvalue weighted by atomic mass is 16.6.